The number of hydrogen-bond donors (Lipinski definition) is 2. The number of nitrogens with one attached hydrogen (secondary N) is 2. The highest BCUT2D eigenvalue weighted by Crippen LogP contribution is 2.19. The van der Waals surface area contributed by atoms with Gasteiger partial charge in [-0.25, -0.2) is 4.98 Å². The first kappa shape index (κ1) is 21.2. The lowest BCUT2D eigenvalue weighted by Crippen LogP contribution is -2.45. The fourth-order valence-electron chi connectivity index (χ4n) is 3.52. The summed E-state index contributed by atoms with van der Waals surface area (Å²) in [4.78, 5) is 10.0. The molecule has 6 nitrogen and oxygen atoms in total. The van der Waals surface area contributed by atoms with Gasteiger partial charge in [-0.3, -0.25) is 9.89 Å². The summed E-state index contributed by atoms with van der Waals surface area (Å²) >= 11 is 0. The molecular formula is C20H27F3N6. The van der Waals surface area contributed by atoms with Gasteiger partial charge in [0, 0.05) is 58.1 Å². The number of alkyl halides is 3. The number of imidazole rings is 1. The average Bonchev–Trinajstić information content (AvgIpc) is 3.30. The zero-order chi connectivity index (χ0) is 20.7. The Labute approximate surface area is 168 Å². The van der Waals surface area contributed by atoms with Crippen molar-refractivity contribution in [2.45, 2.75) is 31.6 Å². The van der Waals surface area contributed by atoms with Gasteiger partial charge in [0.05, 0.1) is 6.54 Å². The smallest absolute Gasteiger partial charge is 0.356 e. The number of guanidine groups is 1. The van der Waals surface area contributed by atoms with E-state index >= 15 is 0 Å². The Morgan fingerprint density at radius 2 is 2.07 bits per heavy atom. The Hall–Kier alpha value is -2.55. The molecule has 1 fully saturated rings. The van der Waals surface area contributed by atoms with Gasteiger partial charge in [0.1, 0.15) is 5.82 Å². The first-order chi connectivity index (χ1) is 13.9. The topological polar surface area (TPSA) is 57.5 Å². The molecule has 158 valence electrons. The molecule has 1 atom stereocenters. The van der Waals surface area contributed by atoms with E-state index in [1.165, 1.54) is 10.5 Å². The Morgan fingerprint density at radius 1 is 1.28 bits per heavy atom. The fraction of sp³-hybridized carbons (Fsp3) is 0.500. The second kappa shape index (κ2) is 9.78. The predicted octanol–water partition coefficient (Wildman–Crippen LogP) is 2.28. The van der Waals surface area contributed by atoms with Gasteiger partial charge in [-0.1, -0.05) is 30.3 Å². The van der Waals surface area contributed by atoms with E-state index in [1.54, 1.807) is 13.2 Å². The third kappa shape index (κ3) is 6.77. The second-order valence-corrected chi connectivity index (χ2v) is 7.19. The molecule has 0 bridgehead atoms. The van der Waals surface area contributed by atoms with Crippen molar-refractivity contribution in [1.29, 1.82) is 0 Å². The van der Waals surface area contributed by atoms with Gasteiger partial charge in [0.25, 0.3) is 0 Å². The van der Waals surface area contributed by atoms with Crippen molar-refractivity contribution in [3.63, 3.8) is 0 Å². The number of hydrogen-bond acceptors (Lipinski definition) is 3. The van der Waals surface area contributed by atoms with Crippen LogP contribution in [0.15, 0.2) is 47.7 Å². The van der Waals surface area contributed by atoms with Crippen molar-refractivity contribution in [3.8, 4) is 0 Å². The lowest BCUT2D eigenvalue weighted by molar-refractivity contribution is -0.143. The van der Waals surface area contributed by atoms with E-state index in [0.29, 0.717) is 38.4 Å². The van der Waals surface area contributed by atoms with E-state index in [-0.39, 0.29) is 6.04 Å². The number of likely N-dealkylation sites (tertiary alicyclic amines) is 1. The predicted molar refractivity (Wildman–Crippen MR) is 107 cm³/mol. The molecular weight excluding hydrogens is 381 g/mol. The van der Waals surface area contributed by atoms with Gasteiger partial charge < -0.3 is 15.2 Å². The highest BCUT2D eigenvalue weighted by atomic mass is 19.4. The van der Waals surface area contributed by atoms with Crippen LogP contribution in [0.1, 0.15) is 17.8 Å². The molecule has 1 aromatic carbocycles. The molecule has 1 saturated heterocycles. The Bertz CT molecular complexity index is 787. The Kier molecular flexibility index (Phi) is 7.13. The minimum atomic E-state index is -4.16. The molecule has 2 heterocycles. The van der Waals surface area contributed by atoms with Crippen LogP contribution in [0.5, 0.6) is 0 Å². The highest BCUT2D eigenvalue weighted by Gasteiger charge is 2.34. The molecule has 1 aromatic heterocycles. The summed E-state index contributed by atoms with van der Waals surface area (Å²) in [6.07, 6.45) is 0.975. The van der Waals surface area contributed by atoms with E-state index in [0.717, 1.165) is 12.4 Å². The standard InChI is InChI=1S/C20H27F3N6/c1-24-19(27-17-8-11-28(14-17)15-20(21,22)23)26-9-7-18-25-10-12-29(18)13-16-5-3-2-4-6-16/h2-6,10,12,17H,7-9,11,13-15H2,1H3,(H2,24,26,27). The lowest BCUT2D eigenvalue weighted by Gasteiger charge is -2.19. The van der Waals surface area contributed by atoms with Crippen LogP contribution in [0.25, 0.3) is 0 Å². The van der Waals surface area contributed by atoms with E-state index < -0.39 is 12.7 Å². The van der Waals surface area contributed by atoms with Crippen LogP contribution in [-0.2, 0) is 13.0 Å². The first-order valence-corrected chi connectivity index (χ1v) is 9.73. The second-order valence-electron chi connectivity index (χ2n) is 7.19. The van der Waals surface area contributed by atoms with Crippen LogP contribution in [0.2, 0.25) is 0 Å². The monoisotopic (exact) mass is 408 g/mol. The van der Waals surface area contributed by atoms with Gasteiger partial charge in [0.15, 0.2) is 5.96 Å². The molecule has 0 aliphatic carbocycles. The van der Waals surface area contributed by atoms with Gasteiger partial charge in [-0.2, -0.15) is 13.2 Å². The summed E-state index contributed by atoms with van der Waals surface area (Å²) in [6, 6.07) is 10.1. The van der Waals surface area contributed by atoms with E-state index in [2.05, 4.69) is 37.3 Å². The van der Waals surface area contributed by atoms with Crippen molar-refractivity contribution in [2.75, 3.05) is 33.2 Å². The Balaban J connectivity index is 1.44. The van der Waals surface area contributed by atoms with Crippen molar-refractivity contribution in [1.82, 2.24) is 25.1 Å². The zero-order valence-electron chi connectivity index (χ0n) is 16.5. The maximum atomic E-state index is 12.5. The molecule has 1 aliphatic rings. The largest absolute Gasteiger partial charge is 0.401 e. The summed E-state index contributed by atoms with van der Waals surface area (Å²) in [6.45, 7) is 1.33. The molecule has 2 aromatic rings. The van der Waals surface area contributed by atoms with Crippen molar-refractivity contribution in [3.05, 3.63) is 54.1 Å². The number of aromatic nitrogens is 2. The van der Waals surface area contributed by atoms with E-state index in [9.17, 15) is 13.2 Å². The molecule has 2 N–H and O–H groups in total. The molecule has 1 aliphatic heterocycles. The molecule has 1 unspecified atom stereocenters. The van der Waals surface area contributed by atoms with Crippen LogP contribution in [-0.4, -0.2) is 65.9 Å². The van der Waals surface area contributed by atoms with E-state index in [4.69, 9.17) is 0 Å². The van der Waals surface area contributed by atoms with Crippen molar-refractivity contribution in [2.24, 2.45) is 4.99 Å². The first-order valence-electron chi connectivity index (χ1n) is 9.73. The summed E-state index contributed by atoms with van der Waals surface area (Å²) < 4.78 is 39.7. The summed E-state index contributed by atoms with van der Waals surface area (Å²) in [5.74, 6) is 1.57. The number of aliphatic imine (C=N–C) groups is 1. The summed E-state index contributed by atoms with van der Waals surface area (Å²) in [5.41, 5.74) is 1.21. The molecule has 29 heavy (non-hydrogen) atoms. The minimum Gasteiger partial charge on any atom is -0.356 e. The quantitative estimate of drug-likeness (QED) is 0.545. The zero-order valence-corrected chi connectivity index (χ0v) is 16.5. The normalized spacial score (nSPS) is 18.2. The molecule has 9 heteroatoms. The van der Waals surface area contributed by atoms with Gasteiger partial charge in [0.2, 0.25) is 0 Å². The minimum absolute atomic E-state index is 0.0383. The fourth-order valence-corrected chi connectivity index (χ4v) is 3.52. The van der Waals surface area contributed by atoms with Crippen molar-refractivity contribution >= 4 is 5.96 Å². The highest BCUT2D eigenvalue weighted by molar-refractivity contribution is 5.80. The SMILES string of the molecule is CN=C(NCCc1nccn1Cc1ccccc1)NC1CCN(CC(F)(F)F)C1. The van der Waals surface area contributed by atoms with Crippen LogP contribution in [0.3, 0.4) is 0 Å². The number of benzene rings is 1. The van der Waals surface area contributed by atoms with Gasteiger partial charge in [-0.05, 0) is 12.0 Å². The molecule has 0 radical (unpaired) electrons. The summed E-state index contributed by atoms with van der Waals surface area (Å²) in [7, 11) is 1.66. The molecule has 3 rings (SSSR count). The maximum Gasteiger partial charge on any atom is 0.401 e. The van der Waals surface area contributed by atoms with Crippen LogP contribution < -0.4 is 10.6 Å². The lowest BCUT2D eigenvalue weighted by atomic mass is 10.2. The molecule has 0 spiro atoms. The molecule has 0 amide bonds. The maximum absolute atomic E-state index is 12.5. The van der Waals surface area contributed by atoms with Gasteiger partial charge >= 0.3 is 6.18 Å². The third-order valence-corrected chi connectivity index (χ3v) is 4.88. The van der Waals surface area contributed by atoms with Gasteiger partial charge in [-0.15, -0.1) is 0 Å². The Morgan fingerprint density at radius 3 is 2.79 bits per heavy atom. The number of nitrogens with zero attached hydrogens (tertiary/aromatic N) is 4. The average molecular weight is 408 g/mol. The van der Waals surface area contributed by atoms with Crippen LogP contribution in [0.4, 0.5) is 13.2 Å². The summed E-state index contributed by atoms with van der Waals surface area (Å²) in [5, 5.41) is 6.45. The molecule has 0 saturated carbocycles. The van der Waals surface area contributed by atoms with Crippen LogP contribution >= 0.6 is 0 Å². The number of rotatable bonds is 7. The number of halogens is 3. The van der Waals surface area contributed by atoms with Crippen molar-refractivity contribution < 1.29 is 13.2 Å². The van der Waals surface area contributed by atoms with Crippen LogP contribution in [0, 0.1) is 0 Å². The third-order valence-electron chi connectivity index (χ3n) is 4.88. The van der Waals surface area contributed by atoms with E-state index in [1.807, 2.05) is 24.4 Å².